The second-order valence-electron chi connectivity index (χ2n) is 20.3. The molecule has 13 rings (SSSR count). The quantitative estimate of drug-likeness (QED) is 0.0971. The van der Waals surface area contributed by atoms with E-state index in [9.17, 15) is 0 Å². The van der Waals surface area contributed by atoms with E-state index in [0.29, 0.717) is 5.02 Å². The number of fused-ring (bicyclic) bond motifs is 3. The van der Waals surface area contributed by atoms with Crippen molar-refractivity contribution in [2.24, 2.45) is 0 Å². The molecular formula is C76H67Br2Cl2N3Si2. The first-order valence-corrected chi connectivity index (χ1v) is 34.7. The Kier molecular flexibility index (Phi) is 21.2. The maximum atomic E-state index is 7.85. The number of rotatable bonds is 12. The van der Waals surface area contributed by atoms with E-state index in [-0.39, 0.29) is 14.9 Å². The van der Waals surface area contributed by atoms with Crippen molar-refractivity contribution in [3.05, 3.63) is 322 Å². The first-order valence-electron chi connectivity index (χ1n) is 27.7. The van der Waals surface area contributed by atoms with Crippen molar-refractivity contribution in [2.45, 2.75) is 27.9 Å². The lowest BCUT2D eigenvalue weighted by Crippen LogP contribution is -2.39. The Bertz CT molecular complexity index is 4110. The number of para-hydroxylation sites is 3. The number of anilines is 8. The van der Waals surface area contributed by atoms with Crippen molar-refractivity contribution >= 4 is 171 Å². The Labute approximate surface area is 532 Å². The lowest BCUT2D eigenvalue weighted by atomic mass is 10.0. The third kappa shape index (κ3) is 14.2. The van der Waals surface area contributed by atoms with Crippen LogP contribution in [0.5, 0.6) is 0 Å². The Balaban J connectivity index is 0.000000195. The minimum absolute atomic E-state index is 0. The number of nitrogens with one attached hydrogen (secondary N) is 1. The molecule has 0 aliphatic heterocycles. The molecule has 3 nitrogen and oxygen atoms in total. The van der Waals surface area contributed by atoms with Gasteiger partial charge in [-0.2, -0.15) is 0 Å². The summed E-state index contributed by atoms with van der Waals surface area (Å²) >= 11 is 21.0. The molecule has 1 N–H and O–H groups in total. The molecule has 0 radical (unpaired) electrons. The fraction of sp³-hybridized carbons (Fsp3) is 0.0526. The Morgan fingerprint density at radius 1 is 0.318 bits per heavy atom. The molecule has 0 aliphatic rings. The molecule has 0 fully saturated rings. The van der Waals surface area contributed by atoms with Crippen molar-refractivity contribution in [1.82, 2.24) is 0 Å². The monoisotopic (exact) mass is 1310 g/mol. The van der Waals surface area contributed by atoms with Crippen molar-refractivity contribution in [1.29, 1.82) is 0 Å². The number of nitrogens with zero attached hydrogens (tertiary/aromatic N) is 2. The third-order valence-electron chi connectivity index (χ3n) is 15.0. The summed E-state index contributed by atoms with van der Waals surface area (Å²) in [5.41, 5.74) is 8.43. The molecule has 0 spiro atoms. The zero-order chi connectivity index (χ0) is 57.1. The number of hydrogen-bond donors (Lipinski definition) is 1. The van der Waals surface area contributed by atoms with Gasteiger partial charge in [-0.15, -0.1) is 0 Å². The lowest BCUT2D eigenvalue weighted by Gasteiger charge is -2.33. The van der Waals surface area contributed by atoms with Gasteiger partial charge in [-0.05, 0) is 127 Å². The highest BCUT2D eigenvalue weighted by Gasteiger charge is 2.27. The summed E-state index contributed by atoms with van der Waals surface area (Å²) in [6.45, 7) is 4.75. The molecule has 9 heteroatoms. The second kappa shape index (κ2) is 29.2. The molecule has 13 aromatic carbocycles. The Morgan fingerprint density at radius 3 is 1.08 bits per heavy atom. The molecule has 0 amide bonds. The van der Waals surface area contributed by atoms with Crippen LogP contribution >= 0.6 is 55.1 Å². The highest BCUT2D eigenvalue weighted by molar-refractivity contribution is 9.11. The maximum Gasteiger partial charge on any atom is 0.0999 e. The van der Waals surface area contributed by atoms with Crippen molar-refractivity contribution in [3.8, 4) is 0 Å². The van der Waals surface area contributed by atoms with Crippen LogP contribution in [0.2, 0.25) is 23.1 Å². The van der Waals surface area contributed by atoms with Gasteiger partial charge in [-0.1, -0.05) is 296 Å². The fourth-order valence-corrected chi connectivity index (χ4v) is 16.8. The first-order chi connectivity index (χ1) is 40.7. The molecule has 2 atom stereocenters. The molecule has 422 valence electrons. The summed E-state index contributed by atoms with van der Waals surface area (Å²) in [6, 6.07) is 107. The van der Waals surface area contributed by atoms with Crippen LogP contribution in [0.25, 0.3) is 32.3 Å². The molecule has 13 aromatic rings. The summed E-state index contributed by atoms with van der Waals surface area (Å²) in [5, 5.41) is 17.6. The standard InChI is InChI=1S/C45H35ClN2Si.C16H13N.C13H11Br2ClSi.2CH4/c1-49(37-25-9-4-10-26-37)38-31-43(47(35-21-5-2-6-22-35)41-29-15-19-33-17-11-13-27-39(33)41)45(46)44(32-38)48(36-23-7-3-8-24-36)42-30-16-20-34-18-12-14-28-40(34)42;1-2-9-14(10-3-1)17-16-12-6-8-13-7-4-5-11-15(13)16;1-17(9-5-3-2-4-6-9)10-7-11(14)13(16)12(15)8-10;;/h2-32,49H,1H3;1-12,17H;2-8,17H,1H3;2*1H4. The van der Waals surface area contributed by atoms with E-state index in [4.69, 9.17) is 23.2 Å². The van der Waals surface area contributed by atoms with Crippen LogP contribution in [-0.4, -0.2) is 17.6 Å². The van der Waals surface area contributed by atoms with Crippen molar-refractivity contribution in [2.75, 3.05) is 15.1 Å². The van der Waals surface area contributed by atoms with Gasteiger partial charge in [0.15, 0.2) is 0 Å². The fourth-order valence-electron chi connectivity index (χ4n) is 10.7. The Morgan fingerprint density at radius 2 is 0.647 bits per heavy atom. The zero-order valence-corrected chi connectivity index (χ0v) is 52.9. The van der Waals surface area contributed by atoms with Gasteiger partial charge < -0.3 is 15.1 Å². The summed E-state index contributed by atoms with van der Waals surface area (Å²) in [5.74, 6) is 0. The van der Waals surface area contributed by atoms with Crippen LogP contribution < -0.4 is 35.9 Å². The van der Waals surface area contributed by atoms with Gasteiger partial charge in [0.05, 0.1) is 50.4 Å². The van der Waals surface area contributed by atoms with E-state index in [1.807, 2.05) is 18.2 Å². The zero-order valence-electron chi connectivity index (χ0n) is 45.9. The van der Waals surface area contributed by atoms with Gasteiger partial charge in [0, 0.05) is 47.9 Å². The molecule has 2 unspecified atom stereocenters. The van der Waals surface area contributed by atoms with Crippen molar-refractivity contribution < 1.29 is 0 Å². The van der Waals surface area contributed by atoms with Crippen LogP contribution in [-0.2, 0) is 0 Å². The van der Waals surface area contributed by atoms with Crippen molar-refractivity contribution in [3.63, 3.8) is 0 Å². The van der Waals surface area contributed by atoms with E-state index < -0.39 is 17.6 Å². The van der Waals surface area contributed by atoms with Gasteiger partial charge in [-0.25, -0.2) is 0 Å². The molecular weight excluding hydrogens is 1240 g/mol. The van der Waals surface area contributed by atoms with Gasteiger partial charge in [0.1, 0.15) is 0 Å². The van der Waals surface area contributed by atoms with E-state index in [1.165, 1.54) is 53.1 Å². The molecule has 0 bridgehead atoms. The van der Waals surface area contributed by atoms with Crippen LogP contribution in [0, 0.1) is 0 Å². The summed E-state index contributed by atoms with van der Waals surface area (Å²) in [6.07, 6.45) is 0. The van der Waals surface area contributed by atoms with E-state index >= 15 is 0 Å². The topological polar surface area (TPSA) is 18.5 Å². The van der Waals surface area contributed by atoms with Crippen LogP contribution in [0.15, 0.2) is 312 Å². The molecule has 0 aromatic heterocycles. The van der Waals surface area contributed by atoms with E-state index in [0.717, 1.165) is 59.5 Å². The molecule has 0 heterocycles. The Hall–Kier alpha value is -7.99. The molecule has 0 aliphatic carbocycles. The summed E-state index contributed by atoms with van der Waals surface area (Å²) in [7, 11) is -2.78. The van der Waals surface area contributed by atoms with Gasteiger partial charge in [-0.3, -0.25) is 0 Å². The predicted octanol–water partition coefficient (Wildman–Crippen LogP) is 21.2. The van der Waals surface area contributed by atoms with Gasteiger partial charge in [0.2, 0.25) is 0 Å². The van der Waals surface area contributed by atoms with Gasteiger partial charge >= 0.3 is 0 Å². The first kappa shape index (κ1) is 61.6. The number of hydrogen-bond acceptors (Lipinski definition) is 3. The minimum atomic E-state index is -1.66. The SMILES string of the molecule is C.C.C[SiH](c1ccccc1)c1cc(Br)c(Cl)c(Br)c1.C[SiH](c1ccccc1)c1cc(N(c2ccccc2)c2cccc3ccccc23)c(Cl)c(N(c2ccccc2)c2cccc3ccccc23)c1.c1ccc(Nc2cccc3ccccc23)cc1. The lowest BCUT2D eigenvalue weighted by molar-refractivity contribution is 1.27. The molecule has 0 saturated carbocycles. The number of halogens is 4. The normalized spacial score (nSPS) is 11.4. The van der Waals surface area contributed by atoms with Crippen LogP contribution in [0.4, 0.5) is 45.5 Å². The van der Waals surface area contributed by atoms with E-state index in [2.05, 4.69) is 345 Å². The van der Waals surface area contributed by atoms with E-state index in [1.54, 1.807) is 0 Å². The van der Waals surface area contributed by atoms with Gasteiger partial charge in [0.25, 0.3) is 0 Å². The summed E-state index contributed by atoms with van der Waals surface area (Å²) < 4.78 is 1.91. The average molecular weight is 1310 g/mol. The smallest absolute Gasteiger partial charge is 0.0999 e. The molecule has 0 saturated heterocycles. The number of benzene rings is 13. The highest BCUT2D eigenvalue weighted by Crippen LogP contribution is 2.48. The molecule has 85 heavy (non-hydrogen) atoms. The largest absolute Gasteiger partial charge is 0.355 e. The highest BCUT2D eigenvalue weighted by atomic mass is 79.9. The maximum absolute atomic E-state index is 7.85. The predicted molar refractivity (Wildman–Crippen MR) is 387 cm³/mol. The second-order valence-corrected chi connectivity index (χ2v) is 28.3. The van der Waals surface area contributed by atoms with Crippen LogP contribution in [0.1, 0.15) is 14.9 Å². The third-order valence-corrected chi connectivity index (χ3v) is 23.0. The summed E-state index contributed by atoms with van der Waals surface area (Å²) in [4.78, 5) is 4.69. The average Bonchev–Trinajstić information content (AvgIpc) is 2.35. The van der Waals surface area contributed by atoms with Crippen LogP contribution in [0.3, 0.4) is 0 Å². The minimum Gasteiger partial charge on any atom is -0.355 e.